The molecule has 0 aromatic heterocycles. The van der Waals surface area contributed by atoms with E-state index in [1.807, 2.05) is 6.08 Å². The molecule has 0 aromatic rings. The van der Waals surface area contributed by atoms with Crippen LogP contribution in [0, 0.1) is 17.8 Å². The zero-order valence-corrected chi connectivity index (χ0v) is 24.6. The number of carbonyl (C=O) groups is 3. The fourth-order valence-corrected chi connectivity index (χ4v) is 5.51. The van der Waals surface area contributed by atoms with E-state index in [1.54, 1.807) is 20.8 Å². The molecule has 0 rings (SSSR count). The lowest BCUT2D eigenvalue weighted by Gasteiger charge is -2.43. The molecule has 3 unspecified atom stereocenters. The second-order valence-electron chi connectivity index (χ2n) is 11.7. The van der Waals surface area contributed by atoms with Crippen LogP contribution >= 0.6 is 0 Å². The minimum atomic E-state index is -1.18. The highest BCUT2D eigenvalue weighted by Crippen LogP contribution is 2.22. The van der Waals surface area contributed by atoms with Crippen molar-refractivity contribution in [2.24, 2.45) is 17.8 Å². The molecule has 0 spiro atoms. The molecule has 0 amide bonds. The summed E-state index contributed by atoms with van der Waals surface area (Å²) in [7, 11) is 0. The monoisotopic (exact) mass is 539 g/mol. The molecular formula is C31H57NO6. The summed E-state index contributed by atoms with van der Waals surface area (Å²) in [4.78, 5) is 34.7. The van der Waals surface area contributed by atoms with Crippen LogP contribution in [0.4, 0.5) is 0 Å². The fourth-order valence-electron chi connectivity index (χ4n) is 5.51. The van der Waals surface area contributed by atoms with Crippen LogP contribution in [0.25, 0.3) is 0 Å². The molecular weight excluding hydrogens is 482 g/mol. The van der Waals surface area contributed by atoms with Crippen molar-refractivity contribution in [1.29, 1.82) is 0 Å². The summed E-state index contributed by atoms with van der Waals surface area (Å²) >= 11 is 0. The Kier molecular flexibility index (Phi) is 20.9. The lowest BCUT2D eigenvalue weighted by Crippen LogP contribution is -2.58. The summed E-state index contributed by atoms with van der Waals surface area (Å²) in [6, 6.07) is 0. The van der Waals surface area contributed by atoms with Gasteiger partial charge in [0.25, 0.3) is 0 Å². The van der Waals surface area contributed by atoms with Crippen LogP contribution in [0.1, 0.15) is 124 Å². The Balaban J connectivity index is 4.39. The van der Waals surface area contributed by atoms with E-state index in [0.29, 0.717) is 6.54 Å². The van der Waals surface area contributed by atoms with Crippen molar-refractivity contribution in [3.05, 3.63) is 12.7 Å². The lowest BCUT2D eigenvalue weighted by molar-refractivity contribution is -0.934. The number of hydrogen-bond acceptors (Lipinski definition) is 4. The van der Waals surface area contributed by atoms with Gasteiger partial charge in [0.2, 0.25) is 0 Å². The molecule has 0 aromatic carbocycles. The molecule has 7 heteroatoms. The first kappa shape index (κ1) is 36.1. The zero-order valence-electron chi connectivity index (χ0n) is 24.6. The van der Waals surface area contributed by atoms with Gasteiger partial charge in [-0.3, -0.25) is 9.59 Å². The summed E-state index contributed by atoms with van der Waals surface area (Å²) in [5.74, 6) is -5.23. The Morgan fingerprint density at radius 1 is 0.632 bits per heavy atom. The SMILES string of the molecule is C=CCCCCCCCCCCCCCCCCC[N+](CC(C)C(=O)[O-])(CC(C)C(=O)O)CC(C)C(=O)O. The van der Waals surface area contributed by atoms with E-state index in [-0.39, 0.29) is 24.1 Å². The maximum absolute atomic E-state index is 11.6. The molecule has 2 N–H and O–H groups in total. The molecule has 0 fully saturated rings. The van der Waals surface area contributed by atoms with Crippen molar-refractivity contribution in [3.63, 3.8) is 0 Å². The quantitative estimate of drug-likeness (QED) is 0.0745. The van der Waals surface area contributed by atoms with E-state index in [2.05, 4.69) is 6.58 Å². The summed E-state index contributed by atoms with van der Waals surface area (Å²) in [6.07, 6.45) is 21.6. The van der Waals surface area contributed by atoms with Gasteiger partial charge in [0, 0.05) is 11.9 Å². The molecule has 7 nitrogen and oxygen atoms in total. The number of carboxylic acid groups (broad SMARTS) is 3. The summed E-state index contributed by atoms with van der Waals surface area (Å²) in [6.45, 7) is 9.76. The van der Waals surface area contributed by atoms with Crippen molar-refractivity contribution in [2.45, 2.75) is 124 Å². The maximum Gasteiger partial charge on any atom is 0.311 e. The van der Waals surface area contributed by atoms with Gasteiger partial charge in [-0.2, -0.15) is 0 Å². The molecule has 0 aliphatic rings. The Hall–Kier alpha value is -1.89. The van der Waals surface area contributed by atoms with Gasteiger partial charge in [0.1, 0.15) is 11.8 Å². The largest absolute Gasteiger partial charge is 0.550 e. The van der Waals surface area contributed by atoms with Crippen molar-refractivity contribution < 1.29 is 34.2 Å². The Labute approximate surface area is 232 Å². The summed E-state index contributed by atoms with van der Waals surface area (Å²) in [5.41, 5.74) is 0. The van der Waals surface area contributed by atoms with E-state index in [4.69, 9.17) is 0 Å². The molecule has 3 atom stereocenters. The predicted octanol–water partition coefficient (Wildman–Crippen LogP) is 6.06. The highest BCUT2D eigenvalue weighted by molar-refractivity contribution is 5.70. The van der Waals surface area contributed by atoms with Crippen molar-refractivity contribution in [1.82, 2.24) is 0 Å². The first-order valence-corrected chi connectivity index (χ1v) is 15.2. The summed E-state index contributed by atoms with van der Waals surface area (Å²) < 4.78 is 0.185. The number of quaternary nitrogens is 1. The standard InChI is InChI=1S/C31H57NO6/c1-5-6-7-8-9-10-11-12-13-14-15-16-17-18-19-20-21-22-32(23-26(2)29(33)34,24-27(3)30(35)36)25-28(4)31(37)38/h5,26-28H,1,6-25H2,2-4H3,(H2-,33,34,35,36,37,38). The van der Waals surface area contributed by atoms with E-state index in [9.17, 15) is 29.7 Å². The second-order valence-corrected chi connectivity index (χ2v) is 11.7. The van der Waals surface area contributed by atoms with Gasteiger partial charge in [-0.05, 0) is 39.5 Å². The van der Waals surface area contributed by atoms with E-state index in [0.717, 1.165) is 32.1 Å². The highest BCUT2D eigenvalue weighted by Gasteiger charge is 2.36. The number of aliphatic carboxylic acids is 3. The van der Waals surface area contributed by atoms with Gasteiger partial charge >= 0.3 is 11.9 Å². The number of carbonyl (C=O) groups excluding carboxylic acids is 1. The van der Waals surface area contributed by atoms with Crippen molar-refractivity contribution in [2.75, 3.05) is 26.2 Å². The predicted molar refractivity (Wildman–Crippen MR) is 152 cm³/mol. The lowest BCUT2D eigenvalue weighted by atomic mass is 10.00. The van der Waals surface area contributed by atoms with Crippen molar-refractivity contribution >= 4 is 17.9 Å². The average molecular weight is 540 g/mol. The third-order valence-corrected chi connectivity index (χ3v) is 7.77. The van der Waals surface area contributed by atoms with Crippen LogP contribution in [0.3, 0.4) is 0 Å². The van der Waals surface area contributed by atoms with Gasteiger partial charge < -0.3 is 24.6 Å². The Morgan fingerprint density at radius 3 is 1.26 bits per heavy atom. The smallest absolute Gasteiger partial charge is 0.311 e. The first-order chi connectivity index (χ1) is 18.0. The van der Waals surface area contributed by atoms with Crippen LogP contribution in [0.2, 0.25) is 0 Å². The van der Waals surface area contributed by atoms with Crippen LogP contribution in [0.15, 0.2) is 12.7 Å². The summed E-state index contributed by atoms with van der Waals surface area (Å²) in [5, 5.41) is 30.5. The number of allylic oxidation sites excluding steroid dienone is 1. The number of carboxylic acids is 3. The third kappa shape index (κ3) is 18.4. The van der Waals surface area contributed by atoms with Gasteiger partial charge in [-0.15, -0.1) is 6.58 Å². The fraction of sp³-hybridized carbons (Fsp3) is 0.839. The first-order valence-electron chi connectivity index (χ1n) is 15.2. The van der Waals surface area contributed by atoms with Crippen LogP contribution < -0.4 is 5.11 Å². The zero-order chi connectivity index (χ0) is 28.8. The molecule has 0 bridgehead atoms. The number of nitrogens with zero attached hydrogens (tertiary/aromatic N) is 1. The maximum atomic E-state index is 11.6. The Bertz CT molecular complexity index is 610. The average Bonchev–Trinajstić information content (AvgIpc) is 2.85. The number of hydrogen-bond donors (Lipinski definition) is 2. The highest BCUT2D eigenvalue weighted by atomic mass is 16.4. The van der Waals surface area contributed by atoms with E-state index < -0.39 is 35.7 Å². The topological polar surface area (TPSA) is 115 Å². The van der Waals surface area contributed by atoms with Gasteiger partial charge in [-0.1, -0.05) is 90.0 Å². The molecule has 222 valence electrons. The van der Waals surface area contributed by atoms with E-state index in [1.165, 1.54) is 70.6 Å². The van der Waals surface area contributed by atoms with Crippen molar-refractivity contribution in [3.8, 4) is 0 Å². The molecule has 0 saturated heterocycles. The molecule has 0 aliphatic carbocycles. The number of unbranched alkanes of at least 4 members (excludes halogenated alkanes) is 15. The molecule has 0 radical (unpaired) electrons. The minimum absolute atomic E-state index is 0.185. The van der Waals surface area contributed by atoms with Crippen LogP contribution in [0.5, 0.6) is 0 Å². The number of rotatable bonds is 27. The van der Waals surface area contributed by atoms with E-state index >= 15 is 0 Å². The van der Waals surface area contributed by atoms with Gasteiger partial charge in [-0.25, -0.2) is 0 Å². The van der Waals surface area contributed by atoms with Gasteiger partial charge in [0.15, 0.2) is 0 Å². The molecule has 0 heterocycles. The minimum Gasteiger partial charge on any atom is -0.550 e. The Morgan fingerprint density at radius 2 is 0.947 bits per heavy atom. The van der Waals surface area contributed by atoms with Crippen LogP contribution in [-0.2, 0) is 14.4 Å². The third-order valence-electron chi connectivity index (χ3n) is 7.77. The normalized spacial score (nSPS) is 15.3. The molecule has 38 heavy (non-hydrogen) atoms. The van der Waals surface area contributed by atoms with Gasteiger partial charge in [0.05, 0.1) is 26.2 Å². The molecule has 0 saturated carbocycles. The molecule has 0 aliphatic heterocycles. The van der Waals surface area contributed by atoms with Crippen LogP contribution in [-0.4, -0.2) is 58.8 Å². The second kappa shape index (κ2) is 22.0.